The molecule has 0 bridgehead atoms. The van der Waals surface area contributed by atoms with Crippen LogP contribution in [0.5, 0.6) is 0 Å². The fourth-order valence-electron chi connectivity index (χ4n) is 1.81. The van der Waals surface area contributed by atoms with Gasteiger partial charge in [0.2, 0.25) is 0 Å². The van der Waals surface area contributed by atoms with Gasteiger partial charge in [0.15, 0.2) is 11.6 Å². The number of amides is 1. The molecule has 1 rings (SSSR count). The van der Waals surface area contributed by atoms with Gasteiger partial charge in [-0.15, -0.1) is 0 Å². The molecule has 0 radical (unpaired) electrons. The lowest BCUT2D eigenvalue weighted by Gasteiger charge is -2.27. The van der Waals surface area contributed by atoms with E-state index in [1.807, 2.05) is 20.8 Å². The Morgan fingerprint density at radius 3 is 2.72 bits per heavy atom. The summed E-state index contributed by atoms with van der Waals surface area (Å²) >= 11 is 0. The molecule has 0 saturated heterocycles. The van der Waals surface area contributed by atoms with Crippen LogP contribution >= 0.6 is 0 Å². The quantitative estimate of drug-likeness (QED) is 0.877. The van der Waals surface area contributed by atoms with E-state index in [0.29, 0.717) is 6.54 Å². The van der Waals surface area contributed by atoms with E-state index in [2.05, 4.69) is 10.3 Å². The Balaban J connectivity index is 3.09. The third-order valence-electron chi connectivity index (χ3n) is 3.08. The zero-order valence-electron chi connectivity index (χ0n) is 11.3. The number of rotatable bonds is 5. The molecule has 0 aliphatic carbocycles. The molecule has 4 nitrogen and oxygen atoms in total. The van der Waals surface area contributed by atoms with Gasteiger partial charge in [-0.3, -0.25) is 4.79 Å². The Morgan fingerprint density at radius 2 is 2.22 bits per heavy atom. The van der Waals surface area contributed by atoms with E-state index >= 15 is 0 Å². The predicted octanol–water partition coefficient (Wildman–Crippen LogP) is 2.52. The Morgan fingerprint density at radius 1 is 1.56 bits per heavy atom. The molecule has 1 aromatic rings. The van der Waals surface area contributed by atoms with Gasteiger partial charge in [0.25, 0.3) is 5.91 Å². The summed E-state index contributed by atoms with van der Waals surface area (Å²) in [7, 11) is 1.58. The molecule has 0 aromatic carbocycles. The van der Waals surface area contributed by atoms with Gasteiger partial charge >= 0.3 is 0 Å². The number of pyridine rings is 1. The molecule has 5 heteroatoms. The summed E-state index contributed by atoms with van der Waals surface area (Å²) < 4.78 is 14.0. The van der Waals surface area contributed by atoms with E-state index in [0.717, 1.165) is 6.42 Å². The van der Waals surface area contributed by atoms with Crippen LogP contribution in [0.1, 0.15) is 37.6 Å². The topological polar surface area (TPSA) is 45.2 Å². The predicted molar refractivity (Wildman–Crippen MR) is 70.2 cm³/mol. The highest BCUT2D eigenvalue weighted by Crippen LogP contribution is 2.18. The van der Waals surface area contributed by atoms with Crippen LogP contribution in [0.2, 0.25) is 0 Å². The number of hydrogen-bond donors (Lipinski definition) is 1. The average Bonchev–Trinajstić information content (AvgIpc) is 2.39. The summed E-state index contributed by atoms with van der Waals surface area (Å²) in [5.74, 6) is -0.781. The maximum absolute atomic E-state index is 14.0. The van der Waals surface area contributed by atoms with E-state index in [-0.39, 0.29) is 23.3 Å². The Kier molecular flexibility index (Phi) is 5.07. The van der Waals surface area contributed by atoms with Crippen LogP contribution in [-0.4, -0.2) is 35.4 Å². The second-order valence-corrected chi connectivity index (χ2v) is 4.12. The molecule has 1 aromatic heterocycles. The molecule has 1 N–H and O–H groups in total. The van der Waals surface area contributed by atoms with Crippen molar-refractivity contribution in [2.45, 2.75) is 33.2 Å². The number of anilines is 1. The molecular weight excluding hydrogens is 233 g/mol. The van der Waals surface area contributed by atoms with Crippen LogP contribution in [0, 0.1) is 5.82 Å². The fraction of sp³-hybridized carbons (Fsp3) is 0.538. The van der Waals surface area contributed by atoms with Gasteiger partial charge < -0.3 is 10.2 Å². The van der Waals surface area contributed by atoms with Crippen molar-refractivity contribution in [2.75, 3.05) is 18.9 Å². The molecule has 1 atom stereocenters. The number of hydrogen-bond acceptors (Lipinski definition) is 3. The normalized spacial score (nSPS) is 12.1. The standard InChI is InChI=1S/C13H20FN3O/c1-5-9(3)17(6-2)13(18)10-7-8-16-12(15-4)11(10)14/h7-9H,5-6H2,1-4H3,(H,15,16). The minimum Gasteiger partial charge on any atom is -0.371 e. The van der Waals surface area contributed by atoms with E-state index in [9.17, 15) is 9.18 Å². The van der Waals surface area contributed by atoms with E-state index < -0.39 is 5.82 Å². The van der Waals surface area contributed by atoms with Crippen LogP contribution in [0.4, 0.5) is 10.2 Å². The fourth-order valence-corrected chi connectivity index (χ4v) is 1.81. The Bertz CT molecular complexity index is 423. The zero-order chi connectivity index (χ0) is 13.7. The second kappa shape index (κ2) is 6.33. The number of carbonyl (C=O) groups excluding carboxylic acids is 1. The van der Waals surface area contributed by atoms with Crippen molar-refractivity contribution < 1.29 is 9.18 Å². The molecule has 0 saturated carbocycles. The van der Waals surface area contributed by atoms with Gasteiger partial charge in [-0.1, -0.05) is 6.92 Å². The molecule has 1 unspecified atom stereocenters. The van der Waals surface area contributed by atoms with Crippen molar-refractivity contribution in [1.82, 2.24) is 9.88 Å². The van der Waals surface area contributed by atoms with Crippen LogP contribution in [-0.2, 0) is 0 Å². The number of aromatic nitrogens is 1. The lowest BCUT2D eigenvalue weighted by Crippen LogP contribution is -2.38. The van der Waals surface area contributed by atoms with E-state index in [1.54, 1.807) is 11.9 Å². The highest BCUT2D eigenvalue weighted by Gasteiger charge is 2.23. The van der Waals surface area contributed by atoms with Gasteiger partial charge in [0, 0.05) is 25.8 Å². The molecule has 0 fully saturated rings. The zero-order valence-corrected chi connectivity index (χ0v) is 11.3. The highest BCUT2D eigenvalue weighted by molar-refractivity contribution is 5.95. The molecule has 0 aliphatic heterocycles. The van der Waals surface area contributed by atoms with E-state index in [1.165, 1.54) is 12.3 Å². The van der Waals surface area contributed by atoms with Crippen molar-refractivity contribution in [3.63, 3.8) is 0 Å². The second-order valence-electron chi connectivity index (χ2n) is 4.12. The Labute approximate surface area is 107 Å². The number of nitrogens with zero attached hydrogens (tertiary/aromatic N) is 2. The maximum Gasteiger partial charge on any atom is 0.257 e. The molecule has 0 spiro atoms. The molecular formula is C13H20FN3O. The third kappa shape index (κ3) is 2.78. The largest absolute Gasteiger partial charge is 0.371 e. The van der Waals surface area contributed by atoms with Gasteiger partial charge in [0.05, 0.1) is 5.56 Å². The van der Waals surface area contributed by atoms with Crippen LogP contribution < -0.4 is 5.32 Å². The van der Waals surface area contributed by atoms with Gasteiger partial charge in [0.1, 0.15) is 0 Å². The van der Waals surface area contributed by atoms with Crippen molar-refractivity contribution in [3.05, 3.63) is 23.6 Å². The first-order valence-electron chi connectivity index (χ1n) is 6.19. The average molecular weight is 253 g/mol. The summed E-state index contributed by atoms with van der Waals surface area (Å²) in [4.78, 5) is 17.8. The number of carbonyl (C=O) groups is 1. The summed E-state index contributed by atoms with van der Waals surface area (Å²) in [6, 6.07) is 1.51. The molecule has 18 heavy (non-hydrogen) atoms. The monoisotopic (exact) mass is 253 g/mol. The van der Waals surface area contributed by atoms with Crippen LogP contribution in [0.15, 0.2) is 12.3 Å². The lowest BCUT2D eigenvalue weighted by atomic mass is 10.1. The minimum absolute atomic E-state index is 0.0662. The molecule has 1 amide bonds. The maximum atomic E-state index is 14.0. The first-order chi connectivity index (χ1) is 8.56. The van der Waals surface area contributed by atoms with Gasteiger partial charge in [-0.05, 0) is 26.3 Å². The summed E-state index contributed by atoms with van der Waals surface area (Å²) in [6.45, 7) is 6.41. The van der Waals surface area contributed by atoms with Crippen molar-refractivity contribution in [1.29, 1.82) is 0 Å². The summed E-state index contributed by atoms with van der Waals surface area (Å²) in [6.07, 6.45) is 2.28. The molecule has 1 heterocycles. The summed E-state index contributed by atoms with van der Waals surface area (Å²) in [5, 5.41) is 2.63. The molecule has 100 valence electrons. The minimum atomic E-state index is -0.591. The lowest BCUT2D eigenvalue weighted by molar-refractivity contribution is 0.0695. The van der Waals surface area contributed by atoms with Gasteiger partial charge in [-0.2, -0.15) is 0 Å². The molecule has 0 aliphatic rings. The van der Waals surface area contributed by atoms with E-state index in [4.69, 9.17) is 0 Å². The van der Waals surface area contributed by atoms with Crippen molar-refractivity contribution in [3.8, 4) is 0 Å². The SMILES string of the molecule is CCC(C)N(CC)C(=O)c1ccnc(NC)c1F. The summed E-state index contributed by atoms with van der Waals surface area (Å²) in [5.41, 5.74) is 0.0662. The number of halogens is 1. The number of nitrogens with one attached hydrogen (secondary N) is 1. The van der Waals surface area contributed by atoms with Gasteiger partial charge in [-0.25, -0.2) is 9.37 Å². The van der Waals surface area contributed by atoms with Crippen LogP contribution in [0.25, 0.3) is 0 Å². The Hall–Kier alpha value is -1.65. The third-order valence-corrected chi connectivity index (χ3v) is 3.08. The van der Waals surface area contributed by atoms with Crippen molar-refractivity contribution >= 4 is 11.7 Å². The smallest absolute Gasteiger partial charge is 0.257 e. The first-order valence-corrected chi connectivity index (χ1v) is 6.19. The first kappa shape index (κ1) is 14.4. The highest BCUT2D eigenvalue weighted by atomic mass is 19.1. The van der Waals surface area contributed by atoms with Crippen molar-refractivity contribution in [2.24, 2.45) is 0 Å². The van der Waals surface area contributed by atoms with Crippen LogP contribution in [0.3, 0.4) is 0 Å².